The van der Waals surface area contributed by atoms with Crippen molar-refractivity contribution in [3.8, 4) is 16.9 Å². The molecule has 1 aromatic heterocycles. The Morgan fingerprint density at radius 3 is 2.00 bits per heavy atom. The van der Waals surface area contributed by atoms with Gasteiger partial charge in [-0.1, -0.05) is 36.4 Å². The molecule has 0 amide bonds. The van der Waals surface area contributed by atoms with E-state index in [1.165, 1.54) is 27.9 Å². The first-order valence-electron chi connectivity index (χ1n) is 7.28. The second kappa shape index (κ2) is 5.21. The molecule has 0 saturated carbocycles. The van der Waals surface area contributed by atoms with E-state index < -0.39 is 0 Å². The summed E-state index contributed by atoms with van der Waals surface area (Å²) in [6, 6.07) is 16.8. The molecule has 0 saturated heterocycles. The van der Waals surface area contributed by atoms with Crippen LogP contribution in [-0.2, 0) is 0 Å². The lowest BCUT2D eigenvalue weighted by Crippen LogP contribution is -2.01. The number of aromatic nitrogens is 2. The topological polar surface area (TPSA) is 17.8 Å². The lowest BCUT2D eigenvalue weighted by Gasteiger charge is -2.13. The van der Waals surface area contributed by atoms with Gasteiger partial charge >= 0.3 is 0 Å². The number of nitrogens with zero attached hydrogens (tertiary/aromatic N) is 2. The summed E-state index contributed by atoms with van der Waals surface area (Å²) >= 11 is 0. The minimum atomic E-state index is 1.08. The molecule has 21 heavy (non-hydrogen) atoms. The maximum atomic E-state index is 4.76. The summed E-state index contributed by atoms with van der Waals surface area (Å²) in [6.45, 7) is 8.56. The average Bonchev–Trinajstić information content (AvgIpc) is 2.77. The van der Waals surface area contributed by atoms with Gasteiger partial charge in [-0.2, -0.15) is 5.10 Å². The highest BCUT2D eigenvalue weighted by Crippen LogP contribution is 2.33. The lowest BCUT2D eigenvalue weighted by atomic mass is 9.97. The highest BCUT2D eigenvalue weighted by molar-refractivity contribution is 5.73. The summed E-state index contributed by atoms with van der Waals surface area (Å²) in [5.41, 5.74) is 8.50. The van der Waals surface area contributed by atoms with Crippen LogP contribution in [-0.4, -0.2) is 9.78 Å². The van der Waals surface area contributed by atoms with Crippen molar-refractivity contribution >= 4 is 0 Å². The largest absolute Gasteiger partial charge is 0.233 e. The molecule has 0 unspecified atom stereocenters. The van der Waals surface area contributed by atoms with Gasteiger partial charge < -0.3 is 0 Å². The van der Waals surface area contributed by atoms with E-state index in [1.807, 2.05) is 6.07 Å². The molecule has 1 heterocycles. The predicted octanol–water partition coefficient (Wildman–Crippen LogP) is 4.77. The number of benzene rings is 2. The van der Waals surface area contributed by atoms with Gasteiger partial charge in [-0.25, -0.2) is 4.68 Å². The van der Waals surface area contributed by atoms with Gasteiger partial charge in [-0.05, 0) is 56.5 Å². The minimum Gasteiger partial charge on any atom is -0.233 e. The van der Waals surface area contributed by atoms with Crippen LogP contribution in [0.25, 0.3) is 16.9 Å². The Hall–Kier alpha value is -2.35. The molecular weight excluding hydrogens is 256 g/mol. The molecule has 0 aliphatic rings. The van der Waals surface area contributed by atoms with Gasteiger partial charge in [0.15, 0.2) is 0 Å². The zero-order valence-corrected chi connectivity index (χ0v) is 13.0. The van der Waals surface area contributed by atoms with Crippen LogP contribution in [0.5, 0.6) is 0 Å². The van der Waals surface area contributed by atoms with Crippen LogP contribution in [0.15, 0.2) is 48.5 Å². The molecule has 0 aliphatic heterocycles. The SMILES string of the molecule is Cc1cccc(C)c1-c1c(C)c(C)nn1-c1ccccc1. The standard InChI is InChI=1S/C19H20N2/c1-13-9-8-10-14(2)18(13)19-15(3)16(4)20-21(19)17-11-6-5-7-12-17/h5-12H,1-4H3. The van der Waals surface area contributed by atoms with Crippen molar-refractivity contribution in [3.05, 3.63) is 70.9 Å². The highest BCUT2D eigenvalue weighted by Gasteiger charge is 2.17. The Balaban J connectivity index is 2.33. The van der Waals surface area contributed by atoms with E-state index in [9.17, 15) is 0 Å². The molecule has 2 aromatic carbocycles. The molecule has 0 atom stereocenters. The van der Waals surface area contributed by atoms with Crippen LogP contribution in [0, 0.1) is 27.7 Å². The molecule has 0 spiro atoms. The van der Waals surface area contributed by atoms with Crippen LogP contribution >= 0.6 is 0 Å². The third kappa shape index (κ3) is 2.27. The Morgan fingerprint density at radius 2 is 1.38 bits per heavy atom. The second-order valence-electron chi connectivity index (χ2n) is 5.57. The summed E-state index contributed by atoms with van der Waals surface area (Å²) in [5.74, 6) is 0. The van der Waals surface area contributed by atoms with Gasteiger partial charge in [-0.3, -0.25) is 0 Å². The number of para-hydroxylation sites is 1. The van der Waals surface area contributed by atoms with E-state index in [0.717, 1.165) is 11.4 Å². The van der Waals surface area contributed by atoms with E-state index in [1.54, 1.807) is 0 Å². The van der Waals surface area contributed by atoms with Gasteiger partial charge in [-0.15, -0.1) is 0 Å². The second-order valence-corrected chi connectivity index (χ2v) is 5.57. The number of hydrogen-bond acceptors (Lipinski definition) is 1. The van der Waals surface area contributed by atoms with E-state index in [2.05, 4.69) is 74.8 Å². The van der Waals surface area contributed by atoms with Crippen molar-refractivity contribution in [1.82, 2.24) is 9.78 Å². The molecule has 2 heteroatoms. The van der Waals surface area contributed by atoms with Crippen LogP contribution in [0.2, 0.25) is 0 Å². The summed E-state index contributed by atoms with van der Waals surface area (Å²) < 4.78 is 2.07. The Bertz CT molecular complexity index is 763. The number of rotatable bonds is 2. The fraction of sp³-hybridized carbons (Fsp3) is 0.211. The number of aryl methyl sites for hydroxylation is 3. The van der Waals surface area contributed by atoms with E-state index in [-0.39, 0.29) is 0 Å². The Morgan fingerprint density at radius 1 is 0.762 bits per heavy atom. The fourth-order valence-corrected chi connectivity index (χ4v) is 2.84. The summed E-state index contributed by atoms with van der Waals surface area (Å²) in [5, 5.41) is 4.76. The monoisotopic (exact) mass is 276 g/mol. The van der Waals surface area contributed by atoms with E-state index in [0.29, 0.717) is 0 Å². The molecule has 3 aromatic rings. The number of hydrogen-bond donors (Lipinski definition) is 0. The van der Waals surface area contributed by atoms with Crippen LogP contribution < -0.4 is 0 Å². The summed E-state index contributed by atoms with van der Waals surface area (Å²) in [6.07, 6.45) is 0. The summed E-state index contributed by atoms with van der Waals surface area (Å²) in [7, 11) is 0. The third-order valence-corrected chi connectivity index (χ3v) is 4.08. The van der Waals surface area contributed by atoms with Crippen molar-refractivity contribution < 1.29 is 0 Å². The fourth-order valence-electron chi connectivity index (χ4n) is 2.84. The molecule has 0 aliphatic carbocycles. The molecule has 0 radical (unpaired) electrons. The third-order valence-electron chi connectivity index (χ3n) is 4.08. The highest BCUT2D eigenvalue weighted by atomic mass is 15.3. The van der Waals surface area contributed by atoms with Gasteiger partial charge in [0.2, 0.25) is 0 Å². The zero-order chi connectivity index (χ0) is 15.0. The zero-order valence-electron chi connectivity index (χ0n) is 13.0. The van der Waals surface area contributed by atoms with Crippen molar-refractivity contribution in [2.45, 2.75) is 27.7 Å². The molecule has 0 bridgehead atoms. The molecular formula is C19H20N2. The molecule has 106 valence electrons. The minimum absolute atomic E-state index is 1.08. The first-order valence-corrected chi connectivity index (χ1v) is 7.28. The predicted molar refractivity (Wildman–Crippen MR) is 87.9 cm³/mol. The van der Waals surface area contributed by atoms with Crippen molar-refractivity contribution in [3.63, 3.8) is 0 Å². The van der Waals surface area contributed by atoms with Crippen LogP contribution in [0.3, 0.4) is 0 Å². The van der Waals surface area contributed by atoms with Crippen molar-refractivity contribution in [2.24, 2.45) is 0 Å². The Labute approximate surface area is 126 Å². The van der Waals surface area contributed by atoms with Crippen LogP contribution in [0.1, 0.15) is 22.4 Å². The average molecular weight is 276 g/mol. The first kappa shape index (κ1) is 13.6. The normalized spacial score (nSPS) is 10.9. The molecule has 0 fully saturated rings. The molecule has 3 rings (SSSR count). The van der Waals surface area contributed by atoms with E-state index in [4.69, 9.17) is 5.10 Å². The van der Waals surface area contributed by atoms with Crippen LogP contribution in [0.4, 0.5) is 0 Å². The van der Waals surface area contributed by atoms with Gasteiger partial charge in [0.25, 0.3) is 0 Å². The van der Waals surface area contributed by atoms with E-state index >= 15 is 0 Å². The van der Waals surface area contributed by atoms with Gasteiger partial charge in [0.05, 0.1) is 17.1 Å². The van der Waals surface area contributed by atoms with Crippen molar-refractivity contribution in [1.29, 1.82) is 0 Å². The van der Waals surface area contributed by atoms with Gasteiger partial charge in [0.1, 0.15) is 0 Å². The summed E-state index contributed by atoms with van der Waals surface area (Å²) in [4.78, 5) is 0. The lowest BCUT2D eigenvalue weighted by molar-refractivity contribution is 0.868. The molecule has 2 nitrogen and oxygen atoms in total. The van der Waals surface area contributed by atoms with Gasteiger partial charge in [0, 0.05) is 5.56 Å². The maximum absolute atomic E-state index is 4.76. The molecule has 0 N–H and O–H groups in total. The maximum Gasteiger partial charge on any atom is 0.0778 e. The van der Waals surface area contributed by atoms with Crippen molar-refractivity contribution in [2.75, 3.05) is 0 Å². The first-order chi connectivity index (χ1) is 10.1. The smallest absolute Gasteiger partial charge is 0.0778 e. The quantitative estimate of drug-likeness (QED) is 0.659. The Kier molecular flexibility index (Phi) is 3.38.